The zero-order valence-electron chi connectivity index (χ0n) is 11.9. The topological polar surface area (TPSA) is 29.3 Å². The quantitative estimate of drug-likeness (QED) is 0.819. The van der Waals surface area contributed by atoms with Crippen LogP contribution in [0, 0.1) is 11.3 Å². The highest BCUT2D eigenvalue weighted by molar-refractivity contribution is 4.99. The Bertz CT molecular complexity index is 241. The summed E-state index contributed by atoms with van der Waals surface area (Å²) in [6.07, 6.45) is 8.19. The van der Waals surface area contributed by atoms with E-state index in [2.05, 4.69) is 25.7 Å². The van der Waals surface area contributed by atoms with Crippen LogP contribution in [0.3, 0.4) is 0 Å². The van der Waals surface area contributed by atoms with Crippen molar-refractivity contribution in [2.24, 2.45) is 17.1 Å². The van der Waals surface area contributed by atoms with Gasteiger partial charge in [-0.2, -0.15) is 0 Å². The van der Waals surface area contributed by atoms with Gasteiger partial charge in [-0.15, -0.1) is 0 Å². The molecule has 100 valence electrons. The van der Waals surface area contributed by atoms with Crippen molar-refractivity contribution in [2.75, 3.05) is 13.1 Å². The third-order valence-corrected chi connectivity index (χ3v) is 5.22. The molecule has 2 rings (SSSR count). The van der Waals surface area contributed by atoms with Crippen LogP contribution < -0.4 is 5.73 Å². The second-order valence-corrected chi connectivity index (χ2v) is 6.89. The van der Waals surface area contributed by atoms with Gasteiger partial charge in [-0.3, -0.25) is 4.90 Å². The Morgan fingerprint density at radius 3 is 2.29 bits per heavy atom. The molecule has 2 aliphatic rings. The van der Waals surface area contributed by atoms with E-state index < -0.39 is 0 Å². The molecule has 0 bridgehead atoms. The molecular formula is C15H30N2. The average molecular weight is 238 g/mol. The first-order valence-electron chi connectivity index (χ1n) is 7.54. The van der Waals surface area contributed by atoms with E-state index in [1.54, 1.807) is 0 Å². The Balaban J connectivity index is 1.85. The van der Waals surface area contributed by atoms with Crippen LogP contribution in [0.4, 0.5) is 0 Å². The highest BCUT2D eigenvalue weighted by Crippen LogP contribution is 2.39. The molecule has 0 amide bonds. The largest absolute Gasteiger partial charge is 0.326 e. The molecule has 2 heteroatoms. The molecule has 17 heavy (non-hydrogen) atoms. The van der Waals surface area contributed by atoms with E-state index in [0.29, 0.717) is 17.5 Å². The van der Waals surface area contributed by atoms with Gasteiger partial charge in [-0.1, -0.05) is 33.6 Å². The number of hydrogen-bond donors (Lipinski definition) is 1. The van der Waals surface area contributed by atoms with Crippen LogP contribution in [0.1, 0.15) is 59.3 Å². The van der Waals surface area contributed by atoms with Crippen molar-refractivity contribution in [1.29, 1.82) is 0 Å². The van der Waals surface area contributed by atoms with E-state index in [4.69, 9.17) is 5.73 Å². The molecule has 0 aromatic rings. The van der Waals surface area contributed by atoms with Gasteiger partial charge in [0, 0.05) is 12.1 Å². The second kappa shape index (κ2) is 5.27. The zero-order chi connectivity index (χ0) is 12.5. The van der Waals surface area contributed by atoms with Crippen LogP contribution in [-0.4, -0.2) is 30.1 Å². The van der Waals surface area contributed by atoms with Gasteiger partial charge in [0.2, 0.25) is 0 Å². The van der Waals surface area contributed by atoms with Gasteiger partial charge in [0.05, 0.1) is 0 Å². The normalized spacial score (nSPS) is 35.3. The van der Waals surface area contributed by atoms with E-state index in [-0.39, 0.29) is 0 Å². The summed E-state index contributed by atoms with van der Waals surface area (Å²) in [5.41, 5.74) is 6.79. The lowest BCUT2D eigenvalue weighted by molar-refractivity contribution is 0.111. The maximum Gasteiger partial charge on any atom is 0.0252 e. The summed E-state index contributed by atoms with van der Waals surface area (Å²) in [4.78, 5) is 2.69. The second-order valence-electron chi connectivity index (χ2n) is 6.89. The maximum atomic E-state index is 6.44. The fraction of sp³-hybridized carbons (Fsp3) is 1.00. The Labute approximate surface area is 107 Å². The van der Waals surface area contributed by atoms with Gasteiger partial charge in [0.1, 0.15) is 0 Å². The summed E-state index contributed by atoms with van der Waals surface area (Å²) in [5.74, 6) is 0.988. The lowest BCUT2D eigenvalue weighted by Gasteiger charge is -2.39. The molecule has 2 N–H and O–H groups in total. The number of likely N-dealkylation sites (tertiary alicyclic amines) is 1. The van der Waals surface area contributed by atoms with Crippen molar-refractivity contribution < 1.29 is 0 Å². The van der Waals surface area contributed by atoms with Gasteiger partial charge in [0.15, 0.2) is 0 Å². The SMILES string of the molecule is CCCC1CCN(C2CCC(C)(C)C2N)CC1. The first kappa shape index (κ1) is 13.4. The van der Waals surface area contributed by atoms with Gasteiger partial charge < -0.3 is 5.73 Å². The molecule has 2 unspecified atom stereocenters. The summed E-state index contributed by atoms with van der Waals surface area (Å²) < 4.78 is 0. The fourth-order valence-corrected chi connectivity index (χ4v) is 3.78. The molecule has 1 saturated heterocycles. The van der Waals surface area contributed by atoms with Crippen molar-refractivity contribution in [3.05, 3.63) is 0 Å². The van der Waals surface area contributed by atoms with E-state index in [0.717, 1.165) is 5.92 Å². The summed E-state index contributed by atoms with van der Waals surface area (Å²) >= 11 is 0. The van der Waals surface area contributed by atoms with Gasteiger partial charge >= 0.3 is 0 Å². The van der Waals surface area contributed by atoms with Crippen molar-refractivity contribution in [1.82, 2.24) is 4.90 Å². The lowest BCUT2D eigenvalue weighted by atomic mass is 9.86. The summed E-state index contributed by atoms with van der Waals surface area (Å²) in [5, 5.41) is 0. The molecule has 2 fully saturated rings. The van der Waals surface area contributed by atoms with Gasteiger partial charge in [-0.25, -0.2) is 0 Å². The number of piperidine rings is 1. The molecule has 0 spiro atoms. The smallest absolute Gasteiger partial charge is 0.0252 e. The summed E-state index contributed by atoms with van der Waals surface area (Å²) in [6, 6.07) is 1.04. The van der Waals surface area contributed by atoms with Crippen molar-refractivity contribution >= 4 is 0 Å². The average Bonchev–Trinajstić information content (AvgIpc) is 2.56. The zero-order valence-corrected chi connectivity index (χ0v) is 11.9. The predicted octanol–water partition coefficient (Wildman–Crippen LogP) is 3.01. The number of hydrogen-bond acceptors (Lipinski definition) is 2. The van der Waals surface area contributed by atoms with Crippen LogP contribution in [0.5, 0.6) is 0 Å². The standard InChI is InChI=1S/C15H30N2/c1-4-5-12-7-10-17(11-8-12)13-6-9-15(2,3)14(13)16/h12-14H,4-11,16H2,1-3H3. The highest BCUT2D eigenvalue weighted by atomic mass is 15.2. The first-order chi connectivity index (χ1) is 8.04. The predicted molar refractivity (Wildman–Crippen MR) is 74.0 cm³/mol. The van der Waals surface area contributed by atoms with Crippen LogP contribution >= 0.6 is 0 Å². The highest BCUT2D eigenvalue weighted by Gasteiger charge is 2.42. The van der Waals surface area contributed by atoms with E-state index in [1.807, 2.05) is 0 Å². The van der Waals surface area contributed by atoms with Gasteiger partial charge in [-0.05, 0) is 50.1 Å². The monoisotopic (exact) mass is 238 g/mol. The Morgan fingerprint density at radius 2 is 1.82 bits per heavy atom. The van der Waals surface area contributed by atoms with Crippen molar-refractivity contribution in [3.63, 3.8) is 0 Å². The van der Waals surface area contributed by atoms with Crippen LogP contribution in [0.2, 0.25) is 0 Å². The Kier molecular flexibility index (Phi) is 4.14. The number of nitrogens with two attached hydrogens (primary N) is 1. The Hall–Kier alpha value is -0.0800. The molecule has 2 nitrogen and oxygen atoms in total. The van der Waals surface area contributed by atoms with Crippen LogP contribution in [0.15, 0.2) is 0 Å². The number of nitrogens with zero attached hydrogens (tertiary/aromatic N) is 1. The van der Waals surface area contributed by atoms with Crippen LogP contribution in [0.25, 0.3) is 0 Å². The third kappa shape index (κ3) is 2.85. The molecule has 0 aromatic carbocycles. The van der Waals surface area contributed by atoms with Gasteiger partial charge in [0.25, 0.3) is 0 Å². The van der Waals surface area contributed by atoms with Crippen molar-refractivity contribution in [2.45, 2.75) is 71.4 Å². The summed E-state index contributed by atoms with van der Waals surface area (Å²) in [6.45, 7) is 9.56. The molecule has 1 heterocycles. The number of rotatable bonds is 3. The minimum atomic E-state index is 0.352. The first-order valence-corrected chi connectivity index (χ1v) is 7.54. The molecular weight excluding hydrogens is 208 g/mol. The molecule has 0 aromatic heterocycles. The van der Waals surface area contributed by atoms with E-state index in [1.165, 1.54) is 51.6 Å². The van der Waals surface area contributed by atoms with E-state index in [9.17, 15) is 0 Å². The van der Waals surface area contributed by atoms with Crippen molar-refractivity contribution in [3.8, 4) is 0 Å². The lowest BCUT2D eigenvalue weighted by Crippen LogP contribution is -2.51. The van der Waals surface area contributed by atoms with Crippen LogP contribution in [-0.2, 0) is 0 Å². The maximum absolute atomic E-state index is 6.44. The summed E-state index contributed by atoms with van der Waals surface area (Å²) in [7, 11) is 0. The minimum absolute atomic E-state index is 0.352. The fourth-order valence-electron chi connectivity index (χ4n) is 3.78. The Morgan fingerprint density at radius 1 is 1.18 bits per heavy atom. The molecule has 2 atom stereocenters. The van der Waals surface area contributed by atoms with E-state index >= 15 is 0 Å². The minimum Gasteiger partial charge on any atom is -0.326 e. The third-order valence-electron chi connectivity index (χ3n) is 5.22. The molecule has 1 aliphatic heterocycles. The molecule has 1 aliphatic carbocycles. The molecule has 1 saturated carbocycles. The molecule has 0 radical (unpaired) electrons.